The van der Waals surface area contributed by atoms with Crippen molar-refractivity contribution in [2.24, 2.45) is 0 Å². The molecule has 10 heteroatoms. The number of carbonyl (C=O) groups excluding carboxylic acids is 2. The minimum atomic E-state index is -0.444. The van der Waals surface area contributed by atoms with Gasteiger partial charge in [0, 0.05) is 44.0 Å². The summed E-state index contributed by atoms with van der Waals surface area (Å²) in [4.78, 5) is 36.7. The van der Waals surface area contributed by atoms with E-state index < -0.39 is 5.97 Å². The molecule has 2 aromatic heterocycles. The summed E-state index contributed by atoms with van der Waals surface area (Å²) in [6.45, 7) is 5.43. The molecule has 0 unspecified atom stereocenters. The number of hydrogen-bond donors (Lipinski definition) is 0. The zero-order valence-electron chi connectivity index (χ0n) is 18.1. The number of piperazine rings is 1. The lowest BCUT2D eigenvalue weighted by atomic mass is 10.1. The van der Waals surface area contributed by atoms with Gasteiger partial charge in [-0.15, -0.1) is 0 Å². The zero-order chi connectivity index (χ0) is 22.7. The molecule has 0 saturated carbocycles. The summed E-state index contributed by atoms with van der Waals surface area (Å²) in [7, 11) is 0. The first-order chi connectivity index (χ1) is 15.4. The van der Waals surface area contributed by atoms with Gasteiger partial charge in [0.2, 0.25) is 0 Å². The van der Waals surface area contributed by atoms with Gasteiger partial charge in [-0.3, -0.25) is 9.59 Å². The predicted octanol–water partition coefficient (Wildman–Crippen LogP) is 1.70. The van der Waals surface area contributed by atoms with E-state index in [1.54, 1.807) is 27.6 Å². The molecule has 1 aliphatic heterocycles. The summed E-state index contributed by atoms with van der Waals surface area (Å²) in [5.74, 6) is -0.442. The molecule has 1 amide bonds. The number of esters is 1. The average Bonchev–Trinajstić information content (AvgIpc) is 3.26. The molecular weight excluding hydrogens is 415 g/mol. The Morgan fingerprint density at radius 2 is 1.88 bits per heavy atom. The van der Waals surface area contributed by atoms with Crippen molar-refractivity contribution < 1.29 is 18.7 Å². The largest absolute Gasteiger partial charge is 0.456 e. The van der Waals surface area contributed by atoms with Crippen LogP contribution in [0, 0.1) is 19.7 Å². The Morgan fingerprint density at radius 1 is 1.12 bits per heavy atom. The van der Waals surface area contributed by atoms with E-state index in [-0.39, 0.29) is 24.8 Å². The third-order valence-electron chi connectivity index (χ3n) is 5.75. The third-order valence-corrected chi connectivity index (χ3v) is 5.75. The van der Waals surface area contributed by atoms with Gasteiger partial charge in [-0.1, -0.05) is 12.1 Å². The second-order valence-electron chi connectivity index (χ2n) is 7.71. The fourth-order valence-corrected chi connectivity index (χ4v) is 3.95. The van der Waals surface area contributed by atoms with Crippen LogP contribution < -0.4 is 4.90 Å². The molecule has 9 nitrogen and oxygen atoms in total. The highest BCUT2D eigenvalue weighted by molar-refractivity contribution is 5.81. The number of anilines is 1. The van der Waals surface area contributed by atoms with Crippen LogP contribution in [0.2, 0.25) is 0 Å². The maximum absolute atomic E-state index is 14.0. The van der Waals surface area contributed by atoms with Crippen molar-refractivity contribution in [3.05, 3.63) is 53.4 Å². The van der Waals surface area contributed by atoms with E-state index >= 15 is 0 Å². The topological polar surface area (TPSA) is 92.9 Å². The van der Waals surface area contributed by atoms with E-state index in [9.17, 15) is 14.0 Å². The van der Waals surface area contributed by atoms with Gasteiger partial charge in [0.05, 0.1) is 5.69 Å². The zero-order valence-corrected chi connectivity index (χ0v) is 18.1. The Hall–Kier alpha value is -3.56. The lowest BCUT2D eigenvalue weighted by molar-refractivity contribution is -0.152. The number of aryl methyl sites for hydroxylation is 2. The van der Waals surface area contributed by atoms with Crippen LogP contribution in [-0.4, -0.2) is 69.1 Å². The monoisotopic (exact) mass is 440 g/mol. The Bertz CT molecular complexity index is 1140. The van der Waals surface area contributed by atoms with Gasteiger partial charge in [-0.05, 0) is 38.0 Å². The second-order valence-corrected chi connectivity index (χ2v) is 7.71. The van der Waals surface area contributed by atoms with Crippen LogP contribution in [-0.2, 0) is 20.7 Å². The summed E-state index contributed by atoms with van der Waals surface area (Å²) in [6.07, 6.45) is 2.02. The molecule has 4 rings (SSSR count). The SMILES string of the molecule is Cc1nc2ncnn2c(C)c1CCC(=O)OCC(=O)N1CCN(c2ccccc2F)CC1. The Labute approximate surface area is 184 Å². The lowest BCUT2D eigenvalue weighted by Crippen LogP contribution is -2.50. The fraction of sp³-hybridized carbons (Fsp3) is 0.409. The molecular formula is C22H25FN6O3. The Kier molecular flexibility index (Phi) is 6.29. The van der Waals surface area contributed by atoms with Gasteiger partial charge < -0.3 is 14.5 Å². The molecule has 32 heavy (non-hydrogen) atoms. The molecule has 0 atom stereocenters. The van der Waals surface area contributed by atoms with Gasteiger partial charge in [0.25, 0.3) is 11.7 Å². The number of fused-ring (bicyclic) bond motifs is 1. The molecule has 1 aliphatic rings. The van der Waals surface area contributed by atoms with Crippen molar-refractivity contribution in [1.29, 1.82) is 0 Å². The van der Waals surface area contributed by atoms with Gasteiger partial charge in [0.15, 0.2) is 6.61 Å². The summed E-state index contributed by atoms with van der Waals surface area (Å²) >= 11 is 0. The van der Waals surface area contributed by atoms with Gasteiger partial charge >= 0.3 is 5.97 Å². The number of rotatable bonds is 6. The van der Waals surface area contributed by atoms with Crippen LogP contribution >= 0.6 is 0 Å². The van der Waals surface area contributed by atoms with Crippen LogP contribution in [0.1, 0.15) is 23.4 Å². The predicted molar refractivity (Wildman–Crippen MR) is 115 cm³/mol. The maximum atomic E-state index is 14.0. The van der Waals surface area contributed by atoms with Crippen molar-refractivity contribution in [3.8, 4) is 0 Å². The quantitative estimate of drug-likeness (QED) is 0.539. The molecule has 0 bridgehead atoms. The first kappa shape index (κ1) is 21.7. The highest BCUT2D eigenvalue weighted by Crippen LogP contribution is 2.20. The molecule has 0 N–H and O–H groups in total. The van der Waals surface area contributed by atoms with E-state index in [1.165, 1.54) is 12.4 Å². The third kappa shape index (κ3) is 4.53. The Morgan fingerprint density at radius 3 is 2.62 bits per heavy atom. The number of halogens is 1. The Balaban J connectivity index is 1.24. The maximum Gasteiger partial charge on any atom is 0.306 e. The number of ether oxygens (including phenoxy) is 1. The van der Waals surface area contributed by atoms with Gasteiger partial charge in [-0.25, -0.2) is 13.9 Å². The van der Waals surface area contributed by atoms with Crippen LogP contribution in [0.5, 0.6) is 0 Å². The molecule has 0 radical (unpaired) electrons. The minimum absolute atomic E-state index is 0.137. The number of amides is 1. The summed E-state index contributed by atoms with van der Waals surface area (Å²) in [5.41, 5.74) is 3.12. The first-order valence-corrected chi connectivity index (χ1v) is 10.5. The minimum Gasteiger partial charge on any atom is -0.456 e. The normalized spacial score (nSPS) is 14.1. The lowest BCUT2D eigenvalue weighted by Gasteiger charge is -2.36. The average molecular weight is 440 g/mol. The van der Waals surface area contributed by atoms with Crippen molar-refractivity contribution in [3.63, 3.8) is 0 Å². The van der Waals surface area contributed by atoms with E-state index in [0.717, 1.165) is 17.0 Å². The van der Waals surface area contributed by atoms with Crippen molar-refractivity contribution in [2.45, 2.75) is 26.7 Å². The molecule has 0 spiro atoms. The van der Waals surface area contributed by atoms with E-state index in [4.69, 9.17) is 4.74 Å². The summed E-state index contributed by atoms with van der Waals surface area (Å²) < 4.78 is 20.8. The van der Waals surface area contributed by atoms with Crippen LogP contribution in [0.3, 0.4) is 0 Å². The second kappa shape index (κ2) is 9.29. The summed E-state index contributed by atoms with van der Waals surface area (Å²) in [6, 6.07) is 6.60. The van der Waals surface area contributed by atoms with Crippen LogP contribution in [0.4, 0.5) is 10.1 Å². The van der Waals surface area contributed by atoms with Crippen molar-refractivity contribution in [1.82, 2.24) is 24.5 Å². The number of carbonyl (C=O) groups is 2. The fourth-order valence-electron chi connectivity index (χ4n) is 3.95. The van der Waals surface area contributed by atoms with Crippen molar-refractivity contribution >= 4 is 23.3 Å². The molecule has 1 fully saturated rings. The standard InChI is InChI=1S/C22H25FN6O3/c1-15-17(16(2)29-22(26-15)24-14-25-29)7-8-21(31)32-13-20(30)28-11-9-27(10-12-28)19-6-4-3-5-18(19)23/h3-6,14H,7-13H2,1-2H3. The molecule has 168 valence electrons. The van der Waals surface area contributed by atoms with Crippen molar-refractivity contribution in [2.75, 3.05) is 37.7 Å². The molecule has 3 heterocycles. The molecule has 1 saturated heterocycles. The van der Waals surface area contributed by atoms with Crippen LogP contribution in [0.25, 0.3) is 5.78 Å². The number of aromatic nitrogens is 4. The number of hydrogen-bond acceptors (Lipinski definition) is 7. The first-order valence-electron chi connectivity index (χ1n) is 10.5. The number of para-hydroxylation sites is 1. The molecule has 1 aromatic carbocycles. The van der Waals surface area contributed by atoms with E-state index in [2.05, 4.69) is 15.1 Å². The molecule has 0 aliphatic carbocycles. The molecule has 3 aromatic rings. The summed E-state index contributed by atoms with van der Waals surface area (Å²) in [5, 5.41) is 4.14. The number of nitrogens with zero attached hydrogens (tertiary/aromatic N) is 6. The highest BCUT2D eigenvalue weighted by atomic mass is 19.1. The van der Waals surface area contributed by atoms with E-state index in [1.807, 2.05) is 18.7 Å². The van der Waals surface area contributed by atoms with Crippen LogP contribution in [0.15, 0.2) is 30.6 Å². The van der Waals surface area contributed by atoms with E-state index in [0.29, 0.717) is 44.1 Å². The van der Waals surface area contributed by atoms with Gasteiger partial charge in [0.1, 0.15) is 12.1 Å². The smallest absolute Gasteiger partial charge is 0.306 e. The van der Waals surface area contributed by atoms with Gasteiger partial charge in [-0.2, -0.15) is 10.1 Å². The highest BCUT2D eigenvalue weighted by Gasteiger charge is 2.23. The number of benzene rings is 1.